The van der Waals surface area contributed by atoms with Crippen LogP contribution in [0.5, 0.6) is 5.75 Å². The quantitative estimate of drug-likeness (QED) is 0.272. The van der Waals surface area contributed by atoms with E-state index in [9.17, 15) is 4.79 Å². The van der Waals surface area contributed by atoms with Crippen LogP contribution < -0.4 is 10.3 Å². The number of benzene rings is 3. The lowest BCUT2D eigenvalue weighted by Gasteiger charge is -2.13. The van der Waals surface area contributed by atoms with Gasteiger partial charge >= 0.3 is 0 Å². The molecule has 0 fully saturated rings. The molecule has 0 aliphatic carbocycles. The minimum atomic E-state index is -0.156. The van der Waals surface area contributed by atoms with E-state index in [4.69, 9.17) is 21.3 Å². The van der Waals surface area contributed by atoms with Crippen LogP contribution in [0.25, 0.3) is 27.6 Å². The number of H-pyrrole nitrogens is 1. The zero-order chi connectivity index (χ0) is 21.4. The van der Waals surface area contributed by atoms with Crippen molar-refractivity contribution in [3.63, 3.8) is 0 Å². The zero-order valence-electron chi connectivity index (χ0n) is 16.6. The molecule has 0 saturated heterocycles. The van der Waals surface area contributed by atoms with Gasteiger partial charge in [-0.25, -0.2) is 4.98 Å². The predicted octanol–water partition coefficient (Wildman–Crippen LogP) is 5.82. The number of aromatic nitrogens is 3. The second-order valence-corrected chi connectivity index (χ2v) is 8.36. The highest BCUT2D eigenvalue weighted by atomic mass is 35.5. The van der Waals surface area contributed by atoms with Gasteiger partial charge in [0.05, 0.1) is 12.8 Å². The Labute approximate surface area is 187 Å². The van der Waals surface area contributed by atoms with Gasteiger partial charge < -0.3 is 9.72 Å². The number of fused-ring (bicyclic) bond motifs is 3. The number of rotatable bonds is 5. The first-order chi connectivity index (χ1) is 15.2. The van der Waals surface area contributed by atoms with Crippen LogP contribution in [0, 0.1) is 0 Å². The number of halogens is 1. The van der Waals surface area contributed by atoms with Gasteiger partial charge in [0.1, 0.15) is 16.8 Å². The molecule has 0 amide bonds. The summed E-state index contributed by atoms with van der Waals surface area (Å²) in [6.07, 6.45) is 0. The van der Waals surface area contributed by atoms with Crippen molar-refractivity contribution < 1.29 is 4.74 Å². The summed E-state index contributed by atoms with van der Waals surface area (Å²) in [6, 6.07) is 22.9. The van der Waals surface area contributed by atoms with E-state index in [2.05, 4.69) is 4.98 Å². The van der Waals surface area contributed by atoms with Crippen molar-refractivity contribution >= 4 is 45.3 Å². The van der Waals surface area contributed by atoms with Crippen molar-refractivity contribution in [2.24, 2.45) is 0 Å². The van der Waals surface area contributed by atoms with Crippen LogP contribution in [0.15, 0.2) is 82.7 Å². The van der Waals surface area contributed by atoms with Crippen LogP contribution >= 0.6 is 23.4 Å². The van der Waals surface area contributed by atoms with Crippen LogP contribution in [0.1, 0.15) is 5.56 Å². The van der Waals surface area contributed by atoms with Gasteiger partial charge in [0, 0.05) is 27.7 Å². The van der Waals surface area contributed by atoms with Gasteiger partial charge in [0.25, 0.3) is 5.56 Å². The summed E-state index contributed by atoms with van der Waals surface area (Å²) in [7, 11) is 1.61. The maximum absolute atomic E-state index is 13.6. The highest BCUT2D eigenvalue weighted by Crippen LogP contribution is 2.30. The van der Waals surface area contributed by atoms with Crippen LogP contribution in [-0.4, -0.2) is 21.6 Å². The largest absolute Gasteiger partial charge is 0.497 e. The number of aromatic amines is 1. The van der Waals surface area contributed by atoms with Crippen molar-refractivity contribution in [2.75, 3.05) is 7.11 Å². The second-order valence-electron chi connectivity index (χ2n) is 7.01. The molecule has 5 nitrogen and oxygen atoms in total. The molecule has 5 rings (SSSR count). The second kappa shape index (κ2) is 8.13. The van der Waals surface area contributed by atoms with E-state index < -0.39 is 0 Å². The molecule has 5 aromatic rings. The molecule has 1 N–H and O–H groups in total. The summed E-state index contributed by atoms with van der Waals surface area (Å²) in [4.78, 5) is 21.8. The summed E-state index contributed by atoms with van der Waals surface area (Å²) >= 11 is 7.83. The van der Waals surface area contributed by atoms with Crippen LogP contribution in [0.2, 0.25) is 5.02 Å². The molecule has 0 bridgehead atoms. The molecule has 7 heteroatoms. The van der Waals surface area contributed by atoms with E-state index in [1.54, 1.807) is 11.7 Å². The Hall–Kier alpha value is -3.22. The van der Waals surface area contributed by atoms with Gasteiger partial charge in [-0.05, 0) is 29.8 Å². The van der Waals surface area contributed by atoms with Gasteiger partial charge in [0.15, 0.2) is 5.16 Å². The fourth-order valence-corrected chi connectivity index (χ4v) is 4.87. The molecule has 0 radical (unpaired) electrons. The maximum Gasteiger partial charge on any atom is 0.283 e. The lowest BCUT2D eigenvalue weighted by Crippen LogP contribution is -2.21. The molecule has 2 aromatic heterocycles. The van der Waals surface area contributed by atoms with Crippen molar-refractivity contribution in [1.29, 1.82) is 0 Å². The van der Waals surface area contributed by atoms with Crippen molar-refractivity contribution in [1.82, 2.24) is 14.5 Å². The topological polar surface area (TPSA) is 59.9 Å². The Kier molecular flexibility index (Phi) is 5.18. The lowest BCUT2D eigenvalue weighted by molar-refractivity contribution is 0.414. The minimum Gasteiger partial charge on any atom is -0.497 e. The number of nitrogens with one attached hydrogen (secondary N) is 1. The first-order valence-electron chi connectivity index (χ1n) is 9.70. The van der Waals surface area contributed by atoms with Crippen LogP contribution in [0.4, 0.5) is 0 Å². The minimum absolute atomic E-state index is 0.156. The van der Waals surface area contributed by atoms with E-state index in [-0.39, 0.29) is 5.56 Å². The van der Waals surface area contributed by atoms with Crippen LogP contribution in [0.3, 0.4) is 0 Å². The van der Waals surface area contributed by atoms with Gasteiger partial charge in [-0.15, -0.1) is 0 Å². The van der Waals surface area contributed by atoms with Gasteiger partial charge in [-0.1, -0.05) is 65.8 Å². The lowest BCUT2D eigenvalue weighted by atomic mass is 10.2. The standard InChI is InChI=1S/C24H18ClN3O2S/c1-30-17-9-6-8-16(13-17)28-23(29)22-21(18-10-3-5-12-20(18)26-22)27-24(28)31-14-15-7-2-4-11-19(15)25/h2-13,26H,14H2,1H3. The molecule has 0 atom stereocenters. The highest BCUT2D eigenvalue weighted by Gasteiger charge is 2.18. The summed E-state index contributed by atoms with van der Waals surface area (Å²) in [5.41, 5.74) is 3.55. The van der Waals surface area contributed by atoms with E-state index in [0.29, 0.717) is 38.4 Å². The average Bonchev–Trinajstić information content (AvgIpc) is 3.18. The van der Waals surface area contributed by atoms with Crippen molar-refractivity contribution in [2.45, 2.75) is 10.9 Å². The third-order valence-electron chi connectivity index (χ3n) is 5.12. The van der Waals surface area contributed by atoms with E-state index in [1.807, 2.05) is 72.8 Å². The zero-order valence-corrected chi connectivity index (χ0v) is 18.2. The van der Waals surface area contributed by atoms with E-state index >= 15 is 0 Å². The van der Waals surface area contributed by atoms with Gasteiger partial charge in [-0.2, -0.15) is 0 Å². The average molecular weight is 448 g/mol. The van der Waals surface area contributed by atoms with E-state index in [0.717, 1.165) is 16.5 Å². The highest BCUT2D eigenvalue weighted by molar-refractivity contribution is 7.98. The molecule has 31 heavy (non-hydrogen) atoms. The maximum atomic E-state index is 13.6. The molecule has 0 spiro atoms. The predicted molar refractivity (Wildman–Crippen MR) is 127 cm³/mol. The smallest absolute Gasteiger partial charge is 0.283 e. The van der Waals surface area contributed by atoms with E-state index in [1.165, 1.54) is 11.8 Å². The molecule has 0 saturated carbocycles. The van der Waals surface area contributed by atoms with Crippen molar-refractivity contribution in [3.05, 3.63) is 93.7 Å². The third-order valence-corrected chi connectivity index (χ3v) is 6.48. The number of hydrogen-bond donors (Lipinski definition) is 1. The normalized spacial score (nSPS) is 11.3. The Balaban J connectivity index is 1.73. The number of ether oxygens (including phenoxy) is 1. The fraction of sp³-hybridized carbons (Fsp3) is 0.0833. The molecule has 0 aliphatic rings. The van der Waals surface area contributed by atoms with Crippen molar-refractivity contribution in [3.8, 4) is 11.4 Å². The van der Waals surface area contributed by atoms with Gasteiger partial charge in [-0.3, -0.25) is 9.36 Å². The third kappa shape index (κ3) is 3.58. The Morgan fingerprint density at radius 1 is 1.06 bits per heavy atom. The molecule has 154 valence electrons. The molecular weight excluding hydrogens is 430 g/mol. The fourth-order valence-electron chi connectivity index (χ4n) is 3.57. The first-order valence-corrected chi connectivity index (χ1v) is 11.1. The SMILES string of the molecule is COc1cccc(-n2c(SCc3ccccc3Cl)nc3c([nH]c4ccccc43)c2=O)c1. The summed E-state index contributed by atoms with van der Waals surface area (Å²) in [5.74, 6) is 1.26. The van der Waals surface area contributed by atoms with Gasteiger partial charge in [0.2, 0.25) is 0 Å². The summed E-state index contributed by atoms with van der Waals surface area (Å²) in [6.45, 7) is 0. The monoisotopic (exact) mass is 447 g/mol. The first kappa shape index (κ1) is 19.7. The number of para-hydroxylation sites is 1. The van der Waals surface area contributed by atoms with Crippen LogP contribution in [-0.2, 0) is 5.75 Å². The number of methoxy groups -OCH3 is 1. The Morgan fingerprint density at radius 3 is 2.71 bits per heavy atom. The number of hydrogen-bond acceptors (Lipinski definition) is 4. The molecule has 3 aromatic carbocycles. The molecular formula is C24H18ClN3O2S. The Bertz CT molecular complexity index is 1480. The molecule has 0 unspecified atom stereocenters. The molecule has 2 heterocycles. The summed E-state index contributed by atoms with van der Waals surface area (Å²) in [5, 5.41) is 2.21. The summed E-state index contributed by atoms with van der Waals surface area (Å²) < 4.78 is 7.00. The molecule has 0 aliphatic heterocycles. The Morgan fingerprint density at radius 2 is 1.87 bits per heavy atom. The number of thioether (sulfide) groups is 1. The number of nitrogens with zero attached hydrogens (tertiary/aromatic N) is 2.